The van der Waals surface area contributed by atoms with Gasteiger partial charge in [0.05, 0.1) is 17.5 Å². The first-order valence-corrected chi connectivity index (χ1v) is 12.0. The highest BCUT2D eigenvalue weighted by atomic mass is 16.6. The molecule has 3 fully saturated rings. The fourth-order valence-corrected chi connectivity index (χ4v) is 6.90. The van der Waals surface area contributed by atoms with Crippen molar-refractivity contribution in [3.05, 3.63) is 47.5 Å². The largest absolute Gasteiger partial charge is 0.486 e. The number of amides is 3. The topological polar surface area (TPSA) is 88.2 Å². The summed E-state index contributed by atoms with van der Waals surface area (Å²) >= 11 is 0. The number of rotatable bonds is 2. The first-order chi connectivity index (χ1) is 16.6. The quantitative estimate of drug-likeness (QED) is 0.695. The van der Waals surface area contributed by atoms with E-state index in [0.29, 0.717) is 36.9 Å². The number of nitrogens with one attached hydrogen (secondary N) is 1. The van der Waals surface area contributed by atoms with E-state index in [0.717, 1.165) is 36.1 Å². The van der Waals surface area contributed by atoms with E-state index in [2.05, 4.69) is 23.2 Å². The Labute approximate surface area is 196 Å². The predicted molar refractivity (Wildman–Crippen MR) is 123 cm³/mol. The SMILES string of the molecule is CCc1ccc2c(c1)[C@@]1(C(=O)N2)[C@H]2C(=O)N(c3ccc4c(c3)OCCO4)C(=O)[C@@H]2[C@H]2CCCN21. The van der Waals surface area contributed by atoms with Crippen LogP contribution < -0.4 is 19.7 Å². The number of nitrogens with zero attached hydrogens (tertiary/aromatic N) is 2. The molecule has 34 heavy (non-hydrogen) atoms. The third-order valence-corrected chi connectivity index (χ3v) is 8.25. The van der Waals surface area contributed by atoms with Gasteiger partial charge in [0.25, 0.3) is 0 Å². The lowest BCUT2D eigenvalue weighted by Gasteiger charge is -2.36. The molecule has 5 aliphatic heterocycles. The van der Waals surface area contributed by atoms with Crippen LogP contribution in [0.25, 0.3) is 0 Å². The molecule has 5 aliphatic rings. The van der Waals surface area contributed by atoms with E-state index in [1.807, 2.05) is 12.1 Å². The van der Waals surface area contributed by atoms with Crippen LogP contribution in [-0.2, 0) is 26.3 Å². The second kappa shape index (κ2) is 6.82. The van der Waals surface area contributed by atoms with Crippen molar-refractivity contribution >= 4 is 29.1 Å². The molecule has 0 saturated carbocycles. The minimum Gasteiger partial charge on any atom is -0.486 e. The van der Waals surface area contributed by atoms with E-state index < -0.39 is 17.4 Å². The van der Waals surface area contributed by atoms with Crippen LogP contribution in [0.1, 0.15) is 30.9 Å². The summed E-state index contributed by atoms with van der Waals surface area (Å²) in [5.74, 6) is -0.921. The highest BCUT2D eigenvalue weighted by Gasteiger charge is 2.74. The number of fused-ring (bicyclic) bond motifs is 8. The number of benzene rings is 2. The first-order valence-electron chi connectivity index (χ1n) is 12.0. The number of carbonyl (C=O) groups is 3. The van der Waals surface area contributed by atoms with Crippen LogP contribution in [0.15, 0.2) is 36.4 Å². The van der Waals surface area contributed by atoms with Gasteiger partial charge in [0.2, 0.25) is 17.7 Å². The molecule has 2 aromatic carbocycles. The van der Waals surface area contributed by atoms with Crippen molar-refractivity contribution in [2.45, 2.75) is 37.8 Å². The molecule has 174 valence electrons. The molecule has 0 radical (unpaired) electrons. The molecule has 0 aromatic heterocycles. The average Bonchev–Trinajstić information content (AvgIpc) is 3.56. The molecule has 4 atom stereocenters. The summed E-state index contributed by atoms with van der Waals surface area (Å²) in [4.78, 5) is 45.1. The third kappa shape index (κ3) is 2.29. The van der Waals surface area contributed by atoms with E-state index in [1.165, 1.54) is 4.90 Å². The van der Waals surface area contributed by atoms with Crippen molar-refractivity contribution in [1.29, 1.82) is 0 Å². The van der Waals surface area contributed by atoms with Gasteiger partial charge in [-0.2, -0.15) is 0 Å². The zero-order chi connectivity index (χ0) is 23.2. The molecule has 1 N–H and O–H groups in total. The van der Waals surface area contributed by atoms with Crippen LogP contribution in [-0.4, -0.2) is 48.4 Å². The van der Waals surface area contributed by atoms with E-state index in [4.69, 9.17) is 9.47 Å². The summed E-state index contributed by atoms with van der Waals surface area (Å²) in [6, 6.07) is 11.0. The zero-order valence-electron chi connectivity index (χ0n) is 18.9. The lowest BCUT2D eigenvalue weighted by Crippen LogP contribution is -2.54. The molecule has 8 heteroatoms. The number of hydrogen-bond donors (Lipinski definition) is 1. The van der Waals surface area contributed by atoms with Gasteiger partial charge in [-0.15, -0.1) is 0 Å². The highest BCUT2D eigenvalue weighted by Crippen LogP contribution is 2.61. The molecule has 5 heterocycles. The monoisotopic (exact) mass is 459 g/mol. The fourth-order valence-electron chi connectivity index (χ4n) is 6.90. The maximum atomic E-state index is 14.1. The normalized spacial score (nSPS) is 31.1. The number of imide groups is 1. The van der Waals surface area contributed by atoms with Crippen LogP contribution in [0.2, 0.25) is 0 Å². The smallest absolute Gasteiger partial charge is 0.250 e. The Bertz CT molecular complexity index is 1280. The molecule has 1 spiro atoms. The van der Waals surface area contributed by atoms with Gasteiger partial charge in [-0.05, 0) is 49.6 Å². The Morgan fingerprint density at radius 1 is 1.03 bits per heavy atom. The molecule has 0 bridgehead atoms. The average molecular weight is 460 g/mol. The zero-order valence-corrected chi connectivity index (χ0v) is 18.9. The van der Waals surface area contributed by atoms with Gasteiger partial charge in [0.15, 0.2) is 11.5 Å². The number of hydrogen-bond acceptors (Lipinski definition) is 6. The van der Waals surface area contributed by atoms with Crippen molar-refractivity contribution in [3.63, 3.8) is 0 Å². The summed E-state index contributed by atoms with van der Waals surface area (Å²) in [5.41, 5.74) is 2.00. The van der Waals surface area contributed by atoms with Gasteiger partial charge in [-0.1, -0.05) is 19.1 Å². The molecule has 0 unspecified atom stereocenters. The summed E-state index contributed by atoms with van der Waals surface area (Å²) in [5, 5.41) is 3.04. The molecule has 3 amide bonds. The van der Waals surface area contributed by atoms with Gasteiger partial charge in [0, 0.05) is 23.4 Å². The first kappa shape index (κ1) is 20.0. The van der Waals surface area contributed by atoms with Crippen LogP contribution in [0.5, 0.6) is 11.5 Å². The van der Waals surface area contributed by atoms with Gasteiger partial charge in [-0.3, -0.25) is 19.3 Å². The Kier molecular flexibility index (Phi) is 4.02. The van der Waals surface area contributed by atoms with E-state index in [9.17, 15) is 14.4 Å². The van der Waals surface area contributed by atoms with Crippen LogP contribution in [0.3, 0.4) is 0 Å². The van der Waals surface area contributed by atoms with E-state index in [1.54, 1.807) is 18.2 Å². The molecule has 7 rings (SSSR count). The standard InChI is InChI=1S/C26H25N3O5/c1-2-14-5-7-17-16(12-14)26(25(32)27-17)22-21(18-4-3-9-28(18)26)23(30)29(24(22)31)15-6-8-19-20(13-15)34-11-10-33-19/h5-8,12-13,18,21-22H,2-4,9-11H2,1H3,(H,27,32)/t18-,21-,22-,26+/m1/s1. The lowest BCUT2D eigenvalue weighted by atomic mass is 9.75. The Hall–Kier alpha value is -3.39. The predicted octanol–water partition coefficient (Wildman–Crippen LogP) is 2.45. The van der Waals surface area contributed by atoms with Crippen LogP contribution in [0, 0.1) is 11.8 Å². The number of carbonyl (C=O) groups excluding carboxylic acids is 3. The van der Waals surface area contributed by atoms with E-state index >= 15 is 0 Å². The lowest BCUT2D eigenvalue weighted by molar-refractivity contribution is -0.135. The van der Waals surface area contributed by atoms with Crippen molar-refractivity contribution in [2.75, 3.05) is 30.0 Å². The highest BCUT2D eigenvalue weighted by molar-refractivity contribution is 6.26. The van der Waals surface area contributed by atoms with Gasteiger partial charge in [0.1, 0.15) is 18.8 Å². The van der Waals surface area contributed by atoms with Gasteiger partial charge in [-0.25, -0.2) is 4.90 Å². The number of anilines is 2. The second-order valence-electron chi connectivity index (χ2n) is 9.70. The van der Waals surface area contributed by atoms with Crippen LogP contribution in [0.4, 0.5) is 11.4 Å². The molecule has 3 saturated heterocycles. The summed E-state index contributed by atoms with van der Waals surface area (Å²) < 4.78 is 11.3. The van der Waals surface area contributed by atoms with Crippen LogP contribution >= 0.6 is 0 Å². The molecular formula is C26H25N3O5. The molecule has 8 nitrogen and oxygen atoms in total. The number of ether oxygens (including phenoxy) is 2. The van der Waals surface area contributed by atoms with Crippen molar-refractivity contribution in [1.82, 2.24) is 4.90 Å². The van der Waals surface area contributed by atoms with E-state index in [-0.39, 0.29) is 23.8 Å². The fraction of sp³-hybridized carbons (Fsp3) is 0.423. The summed E-state index contributed by atoms with van der Waals surface area (Å²) in [7, 11) is 0. The minimum absolute atomic E-state index is 0.134. The Morgan fingerprint density at radius 2 is 1.85 bits per heavy atom. The summed E-state index contributed by atoms with van der Waals surface area (Å²) in [6.45, 7) is 3.65. The Balaban J connectivity index is 1.39. The van der Waals surface area contributed by atoms with Crippen molar-refractivity contribution < 1.29 is 23.9 Å². The maximum absolute atomic E-state index is 14.1. The minimum atomic E-state index is -1.15. The van der Waals surface area contributed by atoms with Gasteiger partial charge < -0.3 is 14.8 Å². The molecule has 0 aliphatic carbocycles. The number of aryl methyl sites for hydroxylation is 1. The van der Waals surface area contributed by atoms with Gasteiger partial charge >= 0.3 is 0 Å². The summed E-state index contributed by atoms with van der Waals surface area (Å²) in [6.07, 6.45) is 2.52. The maximum Gasteiger partial charge on any atom is 0.250 e. The third-order valence-electron chi connectivity index (χ3n) is 8.25. The second-order valence-corrected chi connectivity index (χ2v) is 9.70. The van der Waals surface area contributed by atoms with Crippen molar-refractivity contribution in [2.24, 2.45) is 11.8 Å². The molecular weight excluding hydrogens is 434 g/mol. The molecule has 2 aromatic rings. The van der Waals surface area contributed by atoms with Crippen molar-refractivity contribution in [3.8, 4) is 11.5 Å². The Morgan fingerprint density at radius 3 is 2.68 bits per heavy atom.